The maximum Gasteiger partial charge on any atom is 0.341 e. The van der Waals surface area contributed by atoms with E-state index in [-0.39, 0.29) is 17.8 Å². The molecule has 2 unspecified atom stereocenters. The van der Waals surface area contributed by atoms with Gasteiger partial charge in [-0.25, -0.2) is 9.48 Å². The van der Waals surface area contributed by atoms with E-state index in [9.17, 15) is 9.90 Å². The Balaban J connectivity index is 0.000000177. The van der Waals surface area contributed by atoms with Gasteiger partial charge >= 0.3 is 5.97 Å². The molecule has 1 N–H and O–H groups in total. The van der Waals surface area contributed by atoms with Gasteiger partial charge in [-0.1, -0.05) is 18.2 Å². The number of carbonyl (C=O) groups is 1. The van der Waals surface area contributed by atoms with Crippen LogP contribution in [-0.4, -0.2) is 46.2 Å². The fraction of sp³-hybridized carbons (Fsp3) is 0.615. The average molecular weight is 438 g/mol. The number of hydrogen-bond donors (Lipinski definition) is 1. The minimum Gasteiger partial charge on any atom is -0.477 e. The number of benzene rings is 1. The number of morpholine rings is 1. The highest BCUT2D eigenvalue weighted by molar-refractivity contribution is 5.93. The number of nitrogens with zero attached hydrogens (tertiary/aromatic N) is 3. The lowest BCUT2D eigenvalue weighted by Gasteiger charge is -2.49. The summed E-state index contributed by atoms with van der Waals surface area (Å²) in [7, 11) is 0. The highest BCUT2D eigenvalue weighted by atomic mass is 16.5. The largest absolute Gasteiger partial charge is 0.477 e. The quantitative estimate of drug-likeness (QED) is 0.731. The van der Waals surface area contributed by atoms with Gasteiger partial charge in [-0.3, -0.25) is 0 Å². The van der Waals surface area contributed by atoms with E-state index in [0.29, 0.717) is 18.9 Å². The van der Waals surface area contributed by atoms with E-state index in [2.05, 4.69) is 5.10 Å². The van der Waals surface area contributed by atoms with E-state index in [1.807, 2.05) is 49.1 Å². The Hall–Kier alpha value is -2.34. The van der Waals surface area contributed by atoms with Crippen LogP contribution in [0.15, 0.2) is 36.5 Å². The summed E-state index contributed by atoms with van der Waals surface area (Å²) in [6.45, 7) is 5.27. The highest BCUT2D eigenvalue weighted by Crippen LogP contribution is 2.53. The van der Waals surface area contributed by atoms with Gasteiger partial charge in [0.15, 0.2) is 0 Å². The Bertz CT molecular complexity index is 875. The fourth-order valence-electron chi connectivity index (χ4n) is 6.89. The minimum atomic E-state index is -0.969. The van der Waals surface area contributed by atoms with Crippen molar-refractivity contribution in [3.05, 3.63) is 42.1 Å². The van der Waals surface area contributed by atoms with E-state index in [1.54, 1.807) is 43.2 Å². The van der Waals surface area contributed by atoms with Crippen molar-refractivity contribution in [2.75, 3.05) is 18.0 Å². The third-order valence-corrected chi connectivity index (χ3v) is 7.69. The van der Waals surface area contributed by atoms with Crippen molar-refractivity contribution in [1.82, 2.24) is 9.78 Å². The van der Waals surface area contributed by atoms with Gasteiger partial charge in [-0.2, -0.15) is 5.10 Å². The van der Waals surface area contributed by atoms with Gasteiger partial charge in [0.2, 0.25) is 0 Å². The zero-order chi connectivity index (χ0) is 22.2. The fourth-order valence-corrected chi connectivity index (χ4v) is 6.89. The Morgan fingerprint density at radius 1 is 0.906 bits per heavy atom. The Kier molecular flexibility index (Phi) is 5.97. The summed E-state index contributed by atoms with van der Waals surface area (Å²) in [5, 5.41) is 13.8. The number of hydrogen-bond acceptors (Lipinski definition) is 4. The normalized spacial score (nSPS) is 33.0. The number of ether oxygens (including phenoxy) is 1. The monoisotopic (exact) mass is 437 g/mol. The lowest BCUT2D eigenvalue weighted by molar-refractivity contribution is -0.00568. The average Bonchev–Trinajstić information content (AvgIpc) is 3.19. The SMILES string of the molecule is C1C2CC3CC1CC(C2)C3.CC1CN(c2c(C(=O)O)cnn2-c2ccccc2)CC(C)O1. The Morgan fingerprint density at radius 3 is 1.88 bits per heavy atom. The van der Waals surface area contributed by atoms with Gasteiger partial charge in [-0.15, -0.1) is 0 Å². The Morgan fingerprint density at radius 2 is 1.41 bits per heavy atom. The molecule has 2 heterocycles. The van der Waals surface area contributed by atoms with E-state index >= 15 is 0 Å². The molecule has 2 atom stereocenters. The summed E-state index contributed by atoms with van der Waals surface area (Å²) in [6.07, 6.45) is 11.1. The van der Waals surface area contributed by atoms with Crippen LogP contribution in [0.25, 0.3) is 5.69 Å². The van der Waals surface area contributed by atoms with E-state index in [0.717, 1.165) is 5.69 Å². The van der Waals surface area contributed by atoms with Gasteiger partial charge in [0.1, 0.15) is 11.4 Å². The molecule has 7 rings (SSSR count). The molecule has 6 heteroatoms. The van der Waals surface area contributed by atoms with Crippen molar-refractivity contribution in [3.63, 3.8) is 0 Å². The predicted molar refractivity (Wildman–Crippen MR) is 124 cm³/mol. The second-order valence-corrected chi connectivity index (χ2v) is 10.5. The molecule has 4 saturated carbocycles. The maximum atomic E-state index is 11.6. The number of anilines is 1. The van der Waals surface area contributed by atoms with Crippen LogP contribution in [-0.2, 0) is 4.74 Å². The lowest BCUT2D eigenvalue weighted by Crippen LogP contribution is -2.46. The molecular weight excluding hydrogens is 402 g/mol. The van der Waals surface area contributed by atoms with Crippen molar-refractivity contribution in [2.45, 2.75) is 64.6 Å². The number of rotatable bonds is 3. The van der Waals surface area contributed by atoms with Crippen molar-refractivity contribution in [3.8, 4) is 5.69 Å². The zero-order valence-electron chi connectivity index (χ0n) is 19.2. The third-order valence-electron chi connectivity index (χ3n) is 7.69. The third kappa shape index (κ3) is 4.42. The van der Waals surface area contributed by atoms with Gasteiger partial charge < -0.3 is 14.7 Å². The van der Waals surface area contributed by atoms with Gasteiger partial charge in [0, 0.05) is 13.1 Å². The first-order valence-corrected chi connectivity index (χ1v) is 12.2. The maximum absolute atomic E-state index is 11.6. The van der Waals surface area contributed by atoms with Crippen molar-refractivity contribution in [1.29, 1.82) is 0 Å². The molecular formula is C26H35N3O3. The number of aromatic nitrogens is 2. The minimum absolute atomic E-state index is 0.0459. The molecule has 0 spiro atoms. The molecule has 1 aromatic carbocycles. The van der Waals surface area contributed by atoms with Crippen molar-refractivity contribution < 1.29 is 14.6 Å². The van der Waals surface area contributed by atoms with Crippen LogP contribution in [0.3, 0.4) is 0 Å². The number of carboxylic acids is 1. The topological polar surface area (TPSA) is 67.6 Å². The lowest BCUT2D eigenvalue weighted by atomic mass is 9.56. The molecule has 1 aromatic heterocycles. The first-order chi connectivity index (χ1) is 15.5. The second-order valence-electron chi connectivity index (χ2n) is 10.5. The van der Waals surface area contributed by atoms with Crippen molar-refractivity contribution in [2.24, 2.45) is 23.7 Å². The summed E-state index contributed by atoms with van der Waals surface area (Å²) >= 11 is 0. The summed E-state index contributed by atoms with van der Waals surface area (Å²) in [4.78, 5) is 13.6. The van der Waals surface area contributed by atoms with Gasteiger partial charge in [0.05, 0.1) is 24.1 Å². The molecule has 2 aromatic rings. The van der Waals surface area contributed by atoms with E-state index in [1.165, 1.54) is 29.9 Å². The van der Waals surface area contributed by atoms with Crippen molar-refractivity contribution >= 4 is 11.8 Å². The summed E-state index contributed by atoms with van der Waals surface area (Å²) < 4.78 is 7.43. The summed E-state index contributed by atoms with van der Waals surface area (Å²) in [6, 6.07) is 9.56. The van der Waals surface area contributed by atoms with E-state index < -0.39 is 5.97 Å². The number of para-hydroxylation sites is 1. The molecule has 0 amide bonds. The predicted octanol–water partition coefficient (Wildman–Crippen LogP) is 5.02. The number of carboxylic acid groups (broad SMARTS) is 1. The molecule has 4 bridgehead atoms. The highest BCUT2D eigenvalue weighted by Gasteiger charge is 2.41. The van der Waals surface area contributed by atoms with Crippen LogP contribution >= 0.6 is 0 Å². The molecule has 5 aliphatic rings. The molecule has 6 nitrogen and oxygen atoms in total. The van der Waals surface area contributed by atoms with Gasteiger partial charge in [0.25, 0.3) is 0 Å². The van der Waals surface area contributed by atoms with Crippen LogP contribution in [0.1, 0.15) is 62.7 Å². The summed E-state index contributed by atoms with van der Waals surface area (Å²) in [5.41, 5.74) is 1.06. The van der Waals surface area contributed by atoms with Crippen LogP contribution in [0, 0.1) is 23.7 Å². The van der Waals surface area contributed by atoms with Crippen LogP contribution < -0.4 is 4.90 Å². The zero-order valence-corrected chi connectivity index (χ0v) is 19.2. The smallest absolute Gasteiger partial charge is 0.341 e. The summed E-state index contributed by atoms with van der Waals surface area (Å²) in [5.74, 6) is 4.35. The molecule has 32 heavy (non-hydrogen) atoms. The van der Waals surface area contributed by atoms with Crippen LogP contribution in [0.5, 0.6) is 0 Å². The number of aromatic carboxylic acids is 1. The standard InChI is InChI=1S/C16H19N3O3.C10H16/c1-11-9-18(10-12(2)22-11)15-14(16(20)21)8-17-19(15)13-6-4-3-5-7-13;1-7-2-9-4-8(1)5-10(3-7)6-9/h3-8,11-12H,9-10H2,1-2H3,(H,20,21);7-10H,1-6H2. The molecule has 1 aliphatic heterocycles. The molecule has 0 radical (unpaired) electrons. The second kappa shape index (κ2) is 8.89. The van der Waals surface area contributed by atoms with Gasteiger partial charge in [-0.05, 0) is 88.2 Å². The molecule has 1 saturated heterocycles. The molecule has 5 fully saturated rings. The molecule has 4 aliphatic carbocycles. The Labute approximate surface area is 190 Å². The van der Waals surface area contributed by atoms with E-state index in [4.69, 9.17) is 4.74 Å². The first-order valence-electron chi connectivity index (χ1n) is 12.2. The first kappa shape index (κ1) is 21.5. The van der Waals surface area contributed by atoms with Crippen LogP contribution in [0.4, 0.5) is 5.82 Å². The molecule has 172 valence electrons. The van der Waals surface area contributed by atoms with Crippen LogP contribution in [0.2, 0.25) is 0 Å².